The second-order valence-corrected chi connectivity index (χ2v) is 21.4. The molecule has 7 atom stereocenters. The minimum atomic E-state index is -5.05. The summed E-state index contributed by atoms with van der Waals surface area (Å²) in [5.74, 6) is 1.14. The van der Waals surface area contributed by atoms with E-state index in [9.17, 15) is 31.1 Å². The number of anilines is 1. The maximum absolute atomic E-state index is 14.8. The fraction of sp³-hybridized carbons (Fsp3) is 0.564. The molecule has 3 aliphatic heterocycles. The van der Waals surface area contributed by atoms with Gasteiger partial charge in [-0.25, -0.2) is 0 Å². The van der Waals surface area contributed by atoms with Gasteiger partial charge in [-0.3, -0.25) is 14.7 Å². The number of rotatable bonds is 11. The summed E-state index contributed by atoms with van der Waals surface area (Å²) in [7, 11) is -0.952. The average Bonchev–Trinajstić information content (AvgIpc) is 3.10. The summed E-state index contributed by atoms with van der Waals surface area (Å²) >= 11 is 5.49. The van der Waals surface area contributed by atoms with Crippen molar-refractivity contribution in [3.63, 3.8) is 0 Å². The summed E-state index contributed by atoms with van der Waals surface area (Å²) in [5.41, 5.74) is -1.98. The van der Waals surface area contributed by atoms with E-state index in [1.54, 1.807) is 20.2 Å². The van der Waals surface area contributed by atoms with Crippen molar-refractivity contribution in [2.45, 2.75) is 109 Å². The van der Waals surface area contributed by atoms with Crippen LogP contribution in [0.4, 0.5) is 32.0 Å². The number of thiocarbonyl (C=S) groups is 1. The predicted molar refractivity (Wildman–Crippen MR) is 208 cm³/mol. The van der Waals surface area contributed by atoms with Crippen LogP contribution in [0.2, 0.25) is 18.1 Å². The van der Waals surface area contributed by atoms with E-state index < -0.39 is 61.6 Å². The molecule has 2 aromatic carbocycles. The number of hydrogen-bond donors (Lipinski definition) is 3. The first kappa shape index (κ1) is 42.7. The highest BCUT2D eigenvalue weighted by Crippen LogP contribution is 2.44. The first-order valence-electron chi connectivity index (χ1n) is 18.5. The summed E-state index contributed by atoms with van der Waals surface area (Å²) in [6.45, 7) is 15.8. The Morgan fingerprint density at radius 3 is 2.22 bits per heavy atom. The number of ether oxygens (including phenoxy) is 1. The smallest absolute Gasteiger partial charge is 0.416 e. The molecule has 0 spiro atoms. The van der Waals surface area contributed by atoms with Crippen LogP contribution in [0.5, 0.6) is 5.75 Å². The normalized spacial score (nSPS) is 22.1. The Kier molecular flexibility index (Phi) is 12.5. The Balaban J connectivity index is 1.53. The van der Waals surface area contributed by atoms with E-state index in [0.29, 0.717) is 35.2 Å². The number of carbonyl (C=O) groups is 1. The van der Waals surface area contributed by atoms with Gasteiger partial charge in [0.2, 0.25) is 5.91 Å². The van der Waals surface area contributed by atoms with E-state index >= 15 is 0 Å². The molecule has 2 unspecified atom stereocenters. The molecule has 4 heterocycles. The zero-order valence-electron chi connectivity index (χ0n) is 32.4. The van der Waals surface area contributed by atoms with Crippen molar-refractivity contribution in [1.82, 2.24) is 20.5 Å². The number of alkyl halides is 6. The highest BCUT2D eigenvalue weighted by atomic mass is 32.1. The summed E-state index contributed by atoms with van der Waals surface area (Å²) in [5, 5.41) is 8.93. The summed E-state index contributed by atoms with van der Waals surface area (Å²) in [6.07, 6.45) is -6.26. The van der Waals surface area contributed by atoms with E-state index in [-0.39, 0.29) is 22.3 Å². The highest BCUT2D eigenvalue weighted by molar-refractivity contribution is 7.80. The largest absolute Gasteiger partial charge is 0.497 e. The lowest BCUT2D eigenvalue weighted by Crippen LogP contribution is -2.61. The number of nitrogens with one attached hydrogen (secondary N) is 3. The maximum atomic E-state index is 14.8. The highest BCUT2D eigenvalue weighted by Gasteiger charge is 2.46. The quantitative estimate of drug-likeness (QED) is 0.100. The molecular formula is C39H51F6N5O3SSi. The first-order valence-corrected chi connectivity index (χ1v) is 21.9. The average molecular weight is 812 g/mol. The fourth-order valence-corrected chi connectivity index (χ4v) is 9.26. The van der Waals surface area contributed by atoms with Gasteiger partial charge in [0, 0.05) is 29.9 Å². The number of methoxy groups -OCH3 is 1. The molecule has 1 aromatic heterocycles. The molecule has 16 heteroatoms. The lowest BCUT2D eigenvalue weighted by molar-refractivity contribution is -0.143. The third-order valence-corrected chi connectivity index (χ3v) is 16.4. The van der Waals surface area contributed by atoms with Gasteiger partial charge in [0.05, 0.1) is 35.9 Å². The Morgan fingerprint density at radius 2 is 1.67 bits per heavy atom. The topological polar surface area (TPSA) is 87.8 Å². The maximum Gasteiger partial charge on any atom is 0.416 e. The molecule has 0 saturated carbocycles. The van der Waals surface area contributed by atoms with Gasteiger partial charge in [-0.05, 0) is 117 Å². The Hall–Kier alpha value is -3.47. The SMILES string of the molecule is CC[C@H]1CN2CC[C@H]1C[C@H]2[C@@H](NC(=O)[C@@H](NC(=S)Nc1cc(C(F)(F)F)cc(C(F)(F)F)c1)C(C)O[Si](C)(C)C(C)(C)C)c1ccnc2ccc(OC)cc12. The van der Waals surface area contributed by atoms with E-state index in [0.717, 1.165) is 43.3 Å². The number of aromatic nitrogens is 1. The van der Waals surface area contributed by atoms with Crippen molar-refractivity contribution in [3.05, 3.63) is 65.4 Å². The number of amides is 1. The van der Waals surface area contributed by atoms with Gasteiger partial charge in [0.15, 0.2) is 13.4 Å². The molecule has 3 aromatic rings. The lowest BCUT2D eigenvalue weighted by atomic mass is 9.72. The van der Waals surface area contributed by atoms with Crippen molar-refractivity contribution in [2.24, 2.45) is 11.8 Å². The number of piperidine rings is 3. The zero-order valence-corrected chi connectivity index (χ0v) is 34.2. The summed E-state index contributed by atoms with van der Waals surface area (Å²) < 4.78 is 94.3. The Labute approximate surface area is 325 Å². The van der Waals surface area contributed by atoms with Crippen LogP contribution in [-0.4, -0.2) is 67.6 Å². The van der Waals surface area contributed by atoms with Gasteiger partial charge < -0.3 is 25.1 Å². The molecule has 3 fully saturated rings. The predicted octanol–water partition coefficient (Wildman–Crippen LogP) is 9.32. The van der Waals surface area contributed by atoms with Gasteiger partial charge >= 0.3 is 12.4 Å². The molecule has 3 N–H and O–H groups in total. The molecule has 6 rings (SSSR count). The van der Waals surface area contributed by atoms with E-state index in [4.69, 9.17) is 21.4 Å². The van der Waals surface area contributed by atoms with Crippen LogP contribution < -0.4 is 20.7 Å². The van der Waals surface area contributed by atoms with Crippen LogP contribution >= 0.6 is 12.2 Å². The van der Waals surface area contributed by atoms with Gasteiger partial charge in [-0.2, -0.15) is 26.3 Å². The van der Waals surface area contributed by atoms with Gasteiger partial charge in [-0.15, -0.1) is 0 Å². The van der Waals surface area contributed by atoms with Crippen LogP contribution in [-0.2, 0) is 21.6 Å². The summed E-state index contributed by atoms with van der Waals surface area (Å²) in [4.78, 5) is 21.8. The van der Waals surface area contributed by atoms with Crippen molar-refractivity contribution in [1.29, 1.82) is 0 Å². The standard InChI is InChI=1S/C39H51F6N5O3SSi/c1-9-23-21-50-15-13-24(23)16-32(50)34(29-12-14-46-31-11-10-28(52-6)20-30(29)31)48-35(51)33(22(2)53-55(7,8)37(3,4)5)49-36(54)47-27-18-25(38(40,41)42)17-26(19-27)39(43,44)45/h10-12,14,17-20,22-24,32-34H,9,13,15-16,21H2,1-8H3,(H,48,51)(H2,47,49,54)/t22?,23-,24-,32-,33-,34-/m0/s1. The number of hydrogen-bond acceptors (Lipinski definition) is 6. The molecule has 302 valence electrons. The number of fused-ring (bicyclic) bond motifs is 4. The van der Waals surface area contributed by atoms with Crippen LogP contribution in [0, 0.1) is 11.8 Å². The Bertz CT molecular complexity index is 1840. The molecular weight excluding hydrogens is 761 g/mol. The van der Waals surface area contributed by atoms with Crippen molar-refractivity contribution in [3.8, 4) is 5.75 Å². The van der Waals surface area contributed by atoms with Gasteiger partial charge in [0.25, 0.3) is 0 Å². The van der Waals surface area contributed by atoms with Crippen molar-refractivity contribution in [2.75, 3.05) is 25.5 Å². The van der Waals surface area contributed by atoms with Crippen LogP contribution in [0.15, 0.2) is 48.7 Å². The number of halogens is 6. The van der Waals surface area contributed by atoms with Crippen molar-refractivity contribution < 1.29 is 40.3 Å². The number of nitrogens with zero attached hydrogens (tertiary/aromatic N) is 2. The molecule has 0 radical (unpaired) electrons. The molecule has 1 amide bonds. The number of benzene rings is 2. The first-order chi connectivity index (χ1) is 25.5. The second-order valence-electron chi connectivity index (χ2n) is 16.2. The van der Waals surface area contributed by atoms with Gasteiger partial charge in [-0.1, -0.05) is 34.1 Å². The molecule has 3 saturated heterocycles. The van der Waals surface area contributed by atoms with E-state index in [2.05, 4.69) is 32.8 Å². The van der Waals surface area contributed by atoms with Crippen molar-refractivity contribution >= 4 is 48.1 Å². The third kappa shape index (κ3) is 9.74. The fourth-order valence-electron chi connectivity index (χ4n) is 7.60. The minimum absolute atomic E-state index is 0.0439. The molecule has 8 nitrogen and oxygen atoms in total. The minimum Gasteiger partial charge on any atom is -0.497 e. The van der Waals surface area contributed by atoms with E-state index in [1.165, 1.54) is 0 Å². The zero-order chi connectivity index (χ0) is 40.7. The second kappa shape index (κ2) is 16.2. The molecule has 2 bridgehead atoms. The third-order valence-electron chi connectivity index (χ3n) is 11.6. The Morgan fingerprint density at radius 1 is 1.02 bits per heavy atom. The van der Waals surface area contributed by atoms with E-state index in [1.807, 2.05) is 58.1 Å². The van der Waals surface area contributed by atoms with Crippen LogP contribution in [0.3, 0.4) is 0 Å². The summed E-state index contributed by atoms with van der Waals surface area (Å²) in [6, 6.07) is 6.79. The van der Waals surface area contributed by atoms with Crippen LogP contribution in [0.25, 0.3) is 10.9 Å². The van der Waals surface area contributed by atoms with Crippen LogP contribution in [0.1, 0.15) is 76.6 Å². The number of carbonyl (C=O) groups excluding carboxylic acids is 1. The van der Waals surface area contributed by atoms with Gasteiger partial charge in [0.1, 0.15) is 11.8 Å². The lowest BCUT2D eigenvalue weighted by Gasteiger charge is -2.52. The molecule has 3 aliphatic rings. The molecule has 0 aliphatic carbocycles. The number of pyridine rings is 1. The monoisotopic (exact) mass is 811 g/mol. The molecule has 55 heavy (non-hydrogen) atoms.